The van der Waals surface area contributed by atoms with Gasteiger partial charge >= 0.3 is 0 Å². The Kier molecular flexibility index (Phi) is 5.92. The monoisotopic (exact) mass is 303 g/mol. The minimum Gasteiger partial charge on any atom is -0.297 e. The number of benzene rings is 1. The maximum absolute atomic E-state index is 12.1. The summed E-state index contributed by atoms with van der Waals surface area (Å²) < 4.78 is 0. The van der Waals surface area contributed by atoms with Crippen LogP contribution in [-0.2, 0) is 11.3 Å². The van der Waals surface area contributed by atoms with Crippen molar-refractivity contribution in [1.29, 1.82) is 0 Å². The first-order valence-corrected chi connectivity index (χ1v) is 7.92. The predicted octanol–water partition coefficient (Wildman–Crippen LogP) is 2.34. The van der Waals surface area contributed by atoms with Crippen molar-refractivity contribution in [2.24, 2.45) is 5.84 Å². The molecule has 1 aromatic heterocycles. The highest BCUT2D eigenvalue weighted by atomic mass is 32.1. The van der Waals surface area contributed by atoms with Crippen LogP contribution in [0, 0.1) is 0 Å². The van der Waals surface area contributed by atoms with E-state index in [1.54, 1.807) is 11.3 Å². The maximum Gasteiger partial charge on any atom is 0.242 e. The van der Waals surface area contributed by atoms with Crippen molar-refractivity contribution in [2.75, 3.05) is 13.1 Å². The van der Waals surface area contributed by atoms with Crippen molar-refractivity contribution in [3.63, 3.8) is 0 Å². The molecular weight excluding hydrogens is 282 g/mol. The zero-order chi connectivity index (χ0) is 15.1. The fraction of sp³-hybridized carbons (Fsp3) is 0.312. The molecule has 2 rings (SSSR count). The molecule has 1 aromatic carbocycles. The molecule has 1 heterocycles. The largest absolute Gasteiger partial charge is 0.297 e. The van der Waals surface area contributed by atoms with E-state index in [0.29, 0.717) is 6.54 Å². The summed E-state index contributed by atoms with van der Waals surface area (Å²) >= 11 is 1.74. The molecule has 1 atom stereocenters. The summed E-state index contributed by atoms with van der Waals surface area (Å²) in [5.74, 6) is 4.95. The summed E-state index contributed by atoms with van der Waals surface area (Å²) in [6.45, 7) is 4.51. The molecule has 0 saturated heterocycles. The van der Waals surface area contributed by atoms with E-state index in [0.717, 1.165) is 18.7 Å². The Balaban J connectivity index is 2.11. The van der Waals surface area contributed by atoms with Gasteiger partial charge in [0.2, 0.25) is 5.91 Å². The summed E-state index contributed by atoms with van der Waals surface area (Å²) in [6, 6.07) is 14.0. The number of carbonyl (C=O) groups excluding carboxylic acids is 1. The molecule has 0 aliphatic rings. The molecule has 0 fully saturated rings. The van der Waals surface area contributed by atoms with Crippen molar-refractivity contribution in [3.8, 4) is 0 Å². The third kappa shape index (κ3) is 4.39. The minimum absolute atomic E-state index is 0.147. The summed E-state index contributed by atoms with van der Waals surface area (Å²) in [6.07, 6.45) is 0. The lowest BCUT2D eigenvalue weighted by molar-refractivity contribution is -0.123. The third-order valence-electron chi connectivity index (χ3n) is 3.51. The quantitative estimate of drug-likeness (QED) is 0.469. The van der Waals surface area contributed by atoms with Gasteiger partial charge in [-0.1, -0.05) is 43.3 Å². The van der Waals surface area contributed by atoms with E-state index in [1.807, 2.05) is 30.3 Å². The Morgan fingerprint density at radius 1 is 1.29 bits per heavy atom. The Hall–Kier alpha value is -1.69. The smallest absolute Gasteiger partial charge is 0.242 e. The molecule has 5 heteroatoms. The summed E-state index contributed by atoms with van der Waals surface area (Å²) in [7, 11) is 0. The van der Waals surface area contributed by atoms with E-state index < -0.39 is 0 Å². The average Bonchev–Trinajstić information content (AvgIpc) is 3.04. The second-order valence-electron chi connectivity index (χ2n) is 4.88. The number of hydrogen-bond acceptors (Lipinski definition) is 4. The van der Waals surface area contributed by atoms with Gasteiger partial charge in [0, 0.05) is 18.0 Å². The van der Waals surface area contributed by atoms with Gasteiger partial charge in [0.05, 0.1) is 5.92 Å². The molecule has 1 unspecified atom stereocenters. The van der Waals surface area contributed by atoms with Crippen molar-refractivity contribution in [1.82, 2.24) is 10.3 Å². The van der Waals surface area contributed by atoms with E-state index in [4.69, 9.17) is 5.84 Å². The van der Waals surface area contributed by atoms with Crippen LogP contribution in [0.15, 0.2) is 47.8 Å². The van der Waals surface area contributed by atoms with Crippen molar-refractivity contribution in [3.05, 3.63) is 58.3 Å². The molecule has 112 valence electrons. The number of likely N-dealkylation sites (N-methyl/N-ethyl adjacent to an activating group) is 1. The van der Waals surface area contributed by atoms with Gasteiger partial charge in [0.25, 0.3) is 0 Å². The highest BCUT2D eigenvalue weighted by Gasteiger charge is 2.22. The summed E-state index contributed by atoms with van der Waals surface area (Å²) in [4.78, 5) is 15.7. The highest BCUT2D eigenvalue weighted by Crippen LogP contribution is 2.19. The zero-order valence-corrected chi connectivity index (χ0v) is 13.0. The third-order valence-corrected chi connectivity index (χ3v) is 4.37. The van der Waals surface area contributed by atoms with Gasteiger partial charge in [-0.05, 0) is 23.6 Å². The van der Waals surface area contributed by atoms with Crippen molar-refractivity contribution in [2.45, 2.75) is 19.4 Å². The first-order valence-electron chi connectivity index (χ1n) is 7.04. The molecule has 0 aliphatic heterocycles. The number of thiophene rings is 1. The van der Waals surface area contributed by atoms with E-state index in [9.17, 15) is 4.79 Å². The molecule has 0 aliphatic carbocycles. The predicted molar refractivity (Wildman–Crippen MR) is 86.8 cm³/mol. The lowest BCUT2D eigenvalue weighted by Gasteiger charge is -2.25. The fourth-order valence-electron chi connectivity index (χ4n) is 2.31. The van der Waals surface area contributed by atoms with E-state index >= 15 is 0 Å². The fourth-order valence-corrected chi connectivity index (χ4v) is 3.06. The Labute approximate surface area is 129 Å². The van der Waals surface area contributed by atoms with Gasteiger partial charge in [-0.2, -0.15) is 0 Å². The normalized spacial score (nSPS) is 12.3. The van der Waals surface area contributed by atoms with Crippen LogP contribution in [0.5, 0.6) is 0 Å². The number of nitrogens with zero attached hydrogens (tertiary/aromatic N) is 1. The molecular formula is C16H21N3OS. The lowest BCUT2D eigenvalue weighted by Crippen LogP contribution is -2.40. The highest BCUT2D eigenvalue weighted by molar-refractivity contribution is 7.09. The second kappa shape index (κ2) is 7.93. The molecule has 0 spiro atoms. The van der Waals surface area contributed by atoms with Crippen molar-refractivity contribution < 1.29 is 4.79 Å². The molecule has 0 saturated carbocycles. The van der Waals surface area contributed by atoms with Crippen LogP contribution in [0.25, 0.3) is 0 Å². The molecule has 21 heavy (non-hydrogen) atoms. The number of nitrogens with two attached hydrogens (primary N) is 1. The van der Waals surface area contributed by atoms with E-state index in [-0.39, 0.29) is 11.8 Å². The first kappa shape index (κ1) is 15.7. The summed E-state index contributed by atoms with van der Waals surface area (Å²) in [5.41, 5.74) is 3.28. The maximum atomic E-state index is 12.1. The number of hydrazine groups is 1. The van der Waals surface area contributed by atoms with Gasteiger partial charge in [0.15, 0.2) is 0 Å². The number of nitrogens with one attached hydrogen (secondary N) is 1. The van der Waals surface area contributed by atoms with Crippen LogP contribution in [0.4, 0.5) is 0 Å². The van der Waals surface area contributed by atoms with Gasteiger partial charge in [-0.15, -0.1) is 11.3 Å². The standard InChI is InChI=1S/C16H21N3OS/c1-2-19(11-14-9-6-10-21-14)12-15(16(20)18-17)13-7-4-3-5-8-13/h3-10,15H,2,11-12,17H2,1H3,(H,18,20). The van der Waals surface area contributed by atoms with Gasteiger partial charge < -0.3 is 0 Å². The number of hydrogen-bond donors (Lipinski definition) is 2. The Bertz CT molecular complexity index is 542. The van der Waals surface area contributed by atoms with E-state index in [1.165, 1.54) is 4.88 Å². The SMILES string of the molecule is CCN(Cc1cccs1)CC(C(=O)NN)c1ccccc1. The molecule has 0 radical (unpaired) electrons. The number of rotatable bonds is 7. The van der Waals surface area contributed by atoms with Crippen LogP contribution < -0.4 is 11.3 Å². The lowest BCUT2D eigenvalue weighted by atomic mass is 9.97. The van der Waals surface area contributed by atoms with Crippen LogP contribution >= 0.6 is 11.3 Å². The van der Waals surface area contributed by atoms with Crippen LogP contribution in [0.2, 0.25) is 0 Å². The van der Waals surface area contributed by atoms with Gasteiger partial charge in [-0.3, -0.25) is 15.1 Å². The molecule has 1 amide bonds. The molecule has 2 aromatic rings. The Morgan fingerprint density at radius 2 is 2.05 bits per heavy atom. The second-order valence-corrected chi connectivity index (χ2v) is 5.91. The number of amides is 1. The van der Waals surface area contributed by atoms with E-state index in [2.05, 4.69) is 34.8 Å². The zero-order valence-electron chi connectivity index (χ0n) is 12.2. The first-order chi connectivity index (χ1) is 10.2. The molecule has 3 N–H and O–H groups in total. The average molecular weight is 303 g/mol. The minimum atomic E-state index is -0.254. The van der Waals surface area contributed by atoms with Gasteiger partial charge in [0.1, 0.15) is 0 Å². The number of carbonyl (C=O) groups is 1. The Morgan fingerprint density at radius 3 is 2.62 bits per heavy atom. The topological polar surface area (TPSA) is 58.4 Å². The molecule has 4 nitrogen and oxygen atoms in total. The summed E-state index contributed by atoms with van der Waals surface area (Å²) in [5, 5.41) is 2.07. The molecule has 0 bridgehead atoms. The van der Waals surface area contributed by atoms with Crippen LogP contribution in [0.3, 0.4) is 0 Å². The van der Waals surface area contributed by atoms with Crippen LogP contribution in [-0.4, -0.2) is 23.9 Å². The van der Waals surface area contributed by atoms with Crippen molar-refractivity contribution >= 4 is 17.2 Å². The van der Waals surface area contributed by atoms with Gasteiger partial charge in [-0.25, -0.2) is 5.84 Å². The van der Waals surface area contributed by atoms with Crippen LogP contribution in [0.1, 0.15) is 23.3 Å².